The Bertz CT molecular complexity index is 4980. The summed E-state index contributed by atoms with van der Waals surface area (Å²) in [5, 5.41) is 0. The summed E-state index contributed by atoms with van der Waals surface area (Å²) in [5.41, 5.74) is 9.69. The Morgan fingerprint density at radius 2 is 0.677 bits per heavy atom. The third-order valence-electron chi connectivity index (χ3n) is 18.2. The molecule has 3 aliphatic rings. The molecule has 0 unspecified atom stereocenters. The van der Waals surface area contributed by atoms with Gasteiger partial charge in [0.15, 0.2) is 0 Å². The van der Waals surface area contributed by atoms with Crippen LogP contribution < -0.4 is 31.3 Å². The van der Waals surface area contributed by atoms with Gasteiger partial charge in [0.05, 0.1) is 86.9 Å². The fraction of sp³-hybridized carbons (Fsp3) is 0.192. The van der Waals surface area contributed by atoms with Crippen LogP contribution in [0.4, 0.5) is 0 Å². The number of aromatic nitrogens is 9. The predicted molar refractivity (Wildman–Crippen MR) is 381 cm³/mol. The second-order valence-corrected chi connectivity index (χ2v) is 24.5. The lowest BCUT2D eigenvalue weighted by Crippen LogP contribution is -2.31. The summed E-state index contributed by atoms with van der Waals surface area (Å²) in [7, 11) is 0. The minimum atomic E-state index is -0.150. The molecule has 21 heteroatoms. The molecule has 3 fully saturated rings. The van der Waals surface area contributed by atoms with E-state index in [2.05, 4.69) is 34.7 Å². The number of likely N-dealkylation sites (tertiary alicyclic amines) is 3. The summed E-state index contributed by atoms with van der Waals surface area (Å²) in [5.74, 6) is 4.04. The Kier molecular flexibility index (Phi) is 18.8. The fourth-order valence-electron chi connectivity index (χ4n) is 13.1. The quantitative estimate of drug-likeness (QED) is 0.0878. The number of benzene rings is 6. The van der Waals surface area contributed by atoms with Crippen molar-refractivity contribution in [2.45, 2.75) is 58.2 Å². The molecule has 0 saturated carbocycles. The van der Waals surface area contributed by atoms with Gasteiger partial charge in [0.2, 0.25) is 17.7 Å². The van der Waals surface area contributed by atoms with Crippen LogP contribution in [0.25, 0.3) is 50.2 Å². The summed E-state index contributed by atoms with van der Waals surface area (Å²) in [6.07, 6.45) is 16.2. The van der Waals surface area contributed by atoms with Crippen LogP contribution in [0.15, 0.2) is 253 Å². The normalized spacial score (nSPS) is 15.7. The minimum absolute atomic E-state index is 0.100. The predicted octanol–water partition coefficient (Wildman–Crippen LogP) is 12.7. The first-order valence-corrected chi connectivity index (χ1v) is 32.7. The molecule has 0 aliphatic carbocycles. The van der Waals surface area contributed by atoms with Gasteiger partial charge in [-0.05, 0) is 185 Å². The molecule has 6 aromatic heterocycles. The number of pyridine rings is 3. The minimum Gasteiger partial charge on any atom is -0.457 e. The topological polar surface area (TPSA) is 208 Å². The largest absolute Gasteiger partial charge is 0.457 e. The van der Waals surface area contributed by atoms with Crippen molar-refractivity contribution >= 4 is 50.8 Å². The number of aryl methyl sites for hydroxylation is 3. The highest BCUT2D eigenvalue weighted by atomic mass is 16.5. The highest BCUT2D eigenvalue weighted by molar-refractivity contribution is 5.88. The number of ether oxygens (including phenoxy) is 3. The SMILES string of the molecule is C=CC(=O)N1CC[C@@H](n2c(=O)n(-c3ccc(Oc4ccc(C)cc4)cc3)c3cnccc32)C1.C=CC(=O)N1CC[C@@H](n2c(=O)n(-c3ccc(Oc4ccc(C)cc4)cc3)c3cnccc32)C1.C=CC(=O)N1CC[C@@H](n2c(=O)n(-c3ccc(Oc4ccccc4C)cc3)c3cnccc32)C1. The van der Waals surface area contributed by atoms with E-state index in [-0.39, 0.29) is 52.9 Å². The third kappa shape index (κ3) is 13.5. The van der Waals surface area contributed by atoms with Crippen molar-refractivity contribution in [2.24, 2.45) is 0 Å². The molecule has 0 N–H and O–H groups in total. The van der Waals surface area contributed by atoms with Crippen LogP contribution in [0.3, 0.4) is 0 Å². The first-order valence-electron chi connectivity index (χ1n) is 32.7. The summed E-state index contributed by atoms with van der Waals surface area (Å²) in [6.45, 7) is 20.0. The zero-order valence-corrected chi connectivity index (χ0v) is 55.0. The molecular weight excluding hydrogens is 1250 g/mol. The Morgan fingerprint density at radius 3 is 0.980 bits per heavy atom. The van der Waals surface area contributed by atoms with Crippen molar-refractivity contribution in [1.29, 1.82) is 0 Å². The van der Waals surface area contributed by atoms with Crippen molar-refractivity contribution in [3.63, 3.8) is 0 Å². The van der Waals surface area contributed by atoms with E-state index in [1.54, 1.807) is 79.3 Å². The Labute approximate surface area is 569 Å². The molecule has 3 atom stereocenters. The van der Waals surface area contributed by atoms with E-state index in [9.17, 15) is 28.8 Å². The molecule has 6 aromatic carbocycles. The van der Waals surface area contributed by atoms with Gasteiger partial charge in [-0.2, -0.15) is 0 Å². The van der Waals surface area contributed by atoms with Crippen LogP contribution in [0, 0.1) is 20.8 Å². The average Bonchev–Trinajstić information content (AvgIpc) is 1.61. The molecule has 3 amide bonds. The maximum absolute atomic E-state index is 13.6. The van der Waals surface area contributed by atoms with Crippen LogP contribution in [0.1, 0.15) is 54.1 Å². The Morgan fingerprint density at radius 1 is 0.384 bits per heavy atom. The van der Waals surface area contributed by atoms with Gasteiger partial charge in [0, 0.05) is 57.9 Å². The number of carbonyl (C=O) groups is 3. The molecule has 9 heterocycles. The first kappa shape index (κ1) is 65.3. The molecule has 12 aromatic rings. The molecule has 21 nitrogen and oxygen atoms in total. The van der Waals surface area contributed by atoms with Gasteiger partial charge < -0.3 is 28.9 Å². The molecule has 3 saturated heterocycles. The van der Waals surface area contributed by atoms with Gasteiger partial charge in [-0.1, -0.05) is 73.3 Å². The van der Waals surface area contributed by atoms with E-state index in [0.717, 1.165) is 73.0 Å². The number of hydrogen-bond donors (Lipinski definition) is 0. The molecule has 0 radical (unpaired) electrons. The monoisotopic (exact) mass is 1320 g/mol. The van der Waals surface area contributed by atoms with Gasteiger partial charge in [-0.25, -0.2) is 14.4 Å². The highest BCUT2D eigenvalue weighted by Gasteiger charge is 2.33. The van der Waals surface area contributed by atoms with E-state index in [4.69, 9.17) is 14.2 Å². The summed E-state index contributed by atoms with van der Waals surface area (Å²) in [6, 6.07) is 51.1. The molecule has 99 heavy (non-hydrogen) atoms. The molecule has 0 spiro atoms. The lowest BCUT2D eigenvalue weighted by molar-refractivity contribution is -0.125. The number of nitrogens with zero attached hydrogens (tertiary/aromatic N) is 12. The highest BCUT2D eigenvalue weighted by Crippen LogP contribution is 2.33. The smallest absolute Gasteiger partial charge is 0.334 e. The van der Waals surface area contributed by atoms with Crippen molar-refractivity contribution < 1.29 is 28.6 Å². The Balaban J connectivity index is 0.000000133. The second-order valence-electron chi connectivity index (χ2n) is 24.5. The molecule has 3 aliphatic heterocycles. The zero-order valence-electron chi connectivity index (χ0n) is 55.0. The lowest BCUT2D eigenvalue weighted by atomic mass is 10.2. The summed E-state index contributed by atoms with van der Waals surface area (Å²) < 4.78 is 28.2. The van der Waals surface area contributed by atoms with Crippen molar-refractivity contribution in [2.75, 3.05) is 39.3 Å². The van der Waals surface area contributed by atoms with Gasteiger partial charge in [0.1, 0.15) is 34.5 Å². The van der Waals surface area contributed by atoms with E-state index in [1.165, 1.54) is 29.4 Å². The van der Waals surface area contributed by atoms with Crippen LogP contribution in [-0.4, -0.2) is 114 Å². The Hall–Kier alpha value is -12.4. The standard InChI is InChI=1S/3C26H24N4O3/c2*1-3-25(31)28-15-13-20(17-28)30-23-12-14-27-16-24(23)29(26(30)32)19-6-10-22(11-7-19)33-21-8-4-18(2)5-9-21;1-3-25(31)28-15-13-20(17-28)30-22-12-14-27-16-23(22)29(26(30)32)19-8-10-21(11-9-19)33-24-7-5-4-6-18(24)2/h3*3-12,14,16,20H,1,13,15,17H2,2H3/t3*20-/m111/s1. The lowest BCUT2D eigenvalue weighted by Gasteiger charge is -2.15. The zero-order chi connectivity index (χ0) is 68.8. The van der Waals surface area contributed by atoms with Crippen LogP contribution in [0.2, 0.25) is 0 Å². The molecule has 0 bridgehead atoms. The molecular formula is C78H72N12O9. The van der Waals surface area contributed by atoms with Crippen LogP contribution in [0.5, 0.6) is 34.5 Å². The second kappa shape index (κ2) is 28.5. The number of amides is 3. The number of imidazole rings is 3. The summed E-state index contributed by atoms with van der Waals surface area (Å²) in [4.78, 5) is 94.8. The van der Waals surface area contributed by atoms with E-state index >= 15 is 0 Å². The van der Waals surface area contributed by atoms with Crippen molar-refractivity contribution in [3.8, 4) is 51.6 Å². The number of hydrogen-bond acceptors (Lipinski definition) is 12. The van der Waals surface area contributed by atoms with Crippen LogP contribution in [-0.2, 0) is 14.4 Å². The van der Waals surface area contributed by atoms with Crippen molar-refractivity contribution in [1.82, 2.24) is 57.1 Å². The number of carbonyl (C=O) groups excluding carboxylic acids is 3. The number of rotatable bonds is 15. The molecule has 498 valence electrons. The van der Waals surface area contributed by atoms with Gasteiger partial charge >= 0.3 is 17.1 Å². The van der Waals surface area contributed by atoms with E-state index < -0.39 is 0 Å². The average molecular weight is 1320 g/mol. The maximum atomic E-state index is 13.6. The van der Waals surface area contributed by atoms with E-state index in [1.807, 2.05) is 185 Å². The van der Waals surface area contributed by atoms with Gasteiger partial charge in [-0.3, -0.25) is 56.7 Å². The van der Waals surface area contributed by atoms with Crippen LogP contribution >= 0.6 is 0 Å². The van der Waals surface area contributed by atoms with E-state index in [0.29, 0.717) is 75.8 Å². The van der Waals surface area contributed by atoms with Gasteiger partial charge in [0.25, 0.3) is 0 Å². The fourth-order valence-corrected chi connectivity index (χ4v) is 13.1. The number of fused-ring (bicyclic) bond motifs is 3. The summed E-state index contributed by atoms with van der Waals surface area (Å²) >= 11 is 0. The number of para-hydroxylation sites is 1. The maximum Gasteiger partial charge on any atom is 0.334 e. The first-order chi connectivity index (χ1) is 48.2. The van der Waals surface area contributed by atoms with Crippen molar-refractivity contribution in [3.05, 3.63) is 287 Å². The van der Waals surface area contributed by atoms with Gasteiger partial charge in [-0.15, -0.1) is 0 Å². The third-order valence-corrected chi connectivity index (χ3v) is 18.2. The molecule has 15 rings (SSSR count).